The Balaban J connectivity index is 3.11. The molecule has 1 aliphatic heterocycles. The number of aliphatic imine (C=N–C) groups is 2. The molecule has 0 amide bonds. The van der Waals surface area contributed by atoms with Gasteiger partial charge in [0.05, 0.1) is 0 Å². The summed E-state index contributed by atoms with van der Waals surface area (Å²) in [6.07, 6.45) is 0. The van der Waals surface area contributed by atoms with Crippen LogP contribution in [0.4, 0.5) is 0 Å². The molecule has 18 heavy (non-hydrogen) atoms. The van der Waals surface area contributed by atoms with Crippen LogP contribution < -0.4 is 0 Å². The summed E-state index contributed by atoms with van der Waals surface area (Å²) >= 11 is 0. The van der Waals surface area contributed by atoms with Gasteiger partial charge in [0.1, 0.15) is 0 Å². The fourth-order valence-corrected chi connectivity index (χ4v) is 2.00. The van der Waals surface area contributed by atoms with E-state index in [4.69, 9.17) is 9.98 Å². The van der Waals surface area contributed by atoms with Crippen molar-refractivity contribution in [2.24, 2.45) is 9.98 Å². The molecule has 0 unspecified atom stereocenters. The summed E-state index contributed by atoms with van der Waals surface area (Å²) in [6.45, 7) is 17.2. The van der Waals surface area contributed by atoms with E-state index in [0.29, 0.717) is 24.2 Å². The van der Waals surface area contributed by atoms with Crippen molar-refractivity contribution >= 4 is 11.9 Å². The lowest BCUT2D eigenvalue weighted by molar-refractivity contribution is 0.284. The maximum atomic E-state index is 4.73. The predicted octanol–water partition coefficient (Wildman–Crippen LogP) is 2.95. The molecule has 0 aromatic heterocycles. The number of guanidine groups is 2. The van der Waals surface area contributed by atoms with Gasteiger partial charge in [-0.1, -0.05) is 0 Å². The van der Waals surface area contributed by atoms with Crippen LogP contribution in [-0.4, -0.2) is 45.9 Å². The molecule has 0 N–H and O–H groups in total. The van der Waals surface area contributed by atoms with Crippen molar-refractivity contribution in [1.82, 2.24) is 9.80 Å². The number of rotatable bonds is 4. The van der Waals surface area contributed by atoms with Crippen LogP contribution >= 0.6 is 0 Å². The summed E-state index contributed by atoms with van der Waals surface area (Å²) < 4.78 is 0. The molecule has 0 atom stereocenters. The molecule has 0 aromatic carbocycles. The molecule has 104 valence electrons. The Labute approximate surface area is 112 Å². The van der Waals surface area contributed by atoms with Crippen LogP contribution in [0.25, 0.3) is 0 Å². The minimum absolute atomic E-state index is 0.308. The Morgan fingerprint density at radius 2 is 0.889 bits per heavy atom. The van der Waals surface area contributed by atoms with Crippen molar-refractivity contribution in [3.63, 3.8) is 0 Å². The van der Waals surface area contributed by atoms with Gasteiger partial charge in [0.15, 0.2) is 0 Å². The van der Waals surface area contributed by atoms with Crippen LogP contribution in [0.2, 0.25) is 0 Å². The summed E-state index contributed by atoms with van der Waals surface area (Å²) in [5.74, 6) is 2.13. The summed E-state index contributed by atoms with van der Waals surface area (Å²) in [4.78, 5) is 13.9. The van der Waals surface area contributed by atoms with E-state index in [1.165, 1.54) is 0 Å². The highest BCUT2D eigenvalue weighted by atomic mass is 15.6. The smallest absolute Gasteiger partial charge is 0.211 e. The molecule has 0 spiro atoms. The van der Waals surface area contributed by atoms with Gasteiger partial charge in [-0.05, 0) is 55.4 Å². The molecule has 4 heteroatoms. The van der Waals surface area contributed by atoms with Crippen LogP contribution in [0.5, 0.6) is 0 Å². The SMILES string of the molecule is CC(C)N=C1N(C(C)C)C(=NC(C)C)N1C(C)C. The minimum Gasteiger partial charge on any atom is -0.280 e. The second kappa shape index (κ2) is 5.72. The predicted molar refractivity (Wildman–Crippen MR) is 79.1 cm³/mol. The third-order valence-corrected chi connectivity index (χ3v) is 2.64. The molecular formula is C14H28N4. The fraction of sp³-hybridized carbons (Fsp3) is 0.857. The van der Waals surface area contributed by atoms with Crippen LogP contribution in [0.3, 0.4) is 0 Å². The van der Waals surface area contributed by atoms with Crippen molar-refractivity contribution in [2.45, 2.75) is 79.6 Å². The van der Waals surface area contributed by atoms with E-state index in [2.05, 4.69) is 65.2 Å². The lowest BCUT2D eigenvalue weighted by Gasteiger charge is -2.51. The molecule has 1 saturated heterocycles. The van der Waals surface area contributed by atoms with E-state index in [1.807, 2.05) is 0 Å². The van der Waals surface area contributed by atoms with Crippen molar-refractivity contribution < 1.29 is 0 Å². The van der Waals surface area contributed by atoms with E-state index in [9.17, 15) is 0 Å². The lowest BCUT2D eigenvalue weighted by atomic mass is 10.2. The third-order valence-electron chi connectivity index (χ3n) is 2.64. The van der Waals surface area contributed by atoms with Gasteiger partial charge < -0.3 is 0 Å². The van der Waals surface area contributed by atoms with Crippen molar-refractivity contribution in [3.8, 4) is 0 Å². The minimum atomic E-state index is 0.308. The number of hydrogen-bond donors (Lipinski definition) is 0. The Bertz CT molecular complexity index is 294. The zero-order valence-corrected chi connectivity index (χ0v) is 13.1. The van der Waals surface area contributed by atoms with Crippen LogP contribution in [0.1, 0.15) is 55.4 Å². The second-order valence-corrected chi connectivity index (χ2v) is 5.97. The summed E-state index contributed by atoms with van der Waals surface area (Å²) in [5.41, 5.74) is 0. The van der Waals surface area contributed by atoms with Gasteiger partial charge >= 0.3 is 0 Å². The van der Waals surface area contributed by atoms with E-state index in [-0.39, 0.29) is 0 Å². The van der Waals surface area contributed by atoms with E-state index in [0.717, 1.165) is 11.9 Å². The van der Waals surface area contributed by atoms with Crippen molar-refractivity contribution in [1.29, 1.82) is 0 Å². The first-order valence-corrected chi connectivity index (χ1v) is 6.99. The fourth-order valence-electron chi connectivity index (χ4n) is 2.00. The molecular weight excluding hydrogens is 224 g/mol. The van der Waals surface area contributed by atoms with Gasteiger partial charge in [0, 0.05) is 24.2 Å². The molecule has 0 aromatic rings. The highest BCUT2D eigenvalue weighted by Gasteiger charge is 2.42. The Morgan fingerprint density at radius 1 is 0.611 bits per heavy atom. The topological polar surface area (TPSA) is 31.2 Å². The molecule has 0 saturated carbocycles. The molecule has 0 radical (unpaired) electrons. The Kier molecular flexibility index (Phi) is 4.77. The van der Waals surface area contributed by atoms with E-state index in [1.54, 1.807) is 0 Å². The average molecular weight is 252 g/mol. The van der Waals surface area contributed by atoms with Crippen molar-refractivity contribution in [3.05, 3.63) is 0 Å². The van der Waals surface area contributed by atoms with Gasteiger partial charge in [-0.15, -0.1) is 0 Å². The van der Waals surface area contributed by atoms with E-state index < -0.39 is 0 Å². The molecule has 1 rings (SSSR count). The summed E-state index contributed by atoms with van der Waals surface area (Å²) in [7, 11) is 0. The van der Waals surface area contributed by atoms with Gasteiger partial charge in [0.25, 0.3) is 0 Å². The van der Waals surface area contributed by atoms with Crippen LogP contribution in [-0.2, 0) is 0 Å². The zero-order valence-electron chi connectivity index (χ0n) is 13.1. The first-order chi connectivity index (χ1) is 8.25. The molecule has 0 aliphatic carbocycles. The van der Waals surface area contributed by atoms with Gasteiger partial charge in [0.2, 0.25) is 11.9 Å². The highest BCUT2D eigenvalue weighted by Crippen LogP contribution is 2.24. The summed E-state index contributed by atoms with van der Waals surface area (Å²) in [6, 6.07) is 1.41. The largest absolute Gasteiger partial charge is 0.280 e. The molecule has 0 bridgehead atoms. The number of nitrogens with zero attached hydrogens (tertiary/aromatic N) is 4. The highest BCUT2D eigenvalue weighted by molar-refractivity contribution is 6.16. The Morgan fingerprint density at radius 3 is 1.06 bits per heavy atom. The zero-order chi connectivity index (χ0) is 14.0. The van der Waals surface area contributed by atoms with Gasteiger partial charge in [-0.2, -0.15) is 0 Å². The first kappa shape index (κ1) is 15.0. The number of hydrogen-bond acceptors (Lipinski definition) is 2. The molecule has 1 heterocycles. The molecule has 1 fully saturated rings. The quantitative estimate of drug-likeness (QED) is 0.770. The lowest BCUT2D eigenvalue weighted by Crippen LogP contribution is -2.69. The third kappa shape index (κ3) is 3.03. The van der Waals surface area contributed by atoms with Crippen molar-refractivity contribution in [2.75, 3.05) is 0 Å². The maximum absolute atomic E-state index is 4.73. The monoisotopic (exact) mass is 252 g/mol. The standard InChI is InChI=1S/C14H28N4/c1-9(2)15-13-17(11(5)6)14(16-10(3)4)18(13)12(7)8/h9-12H,1-8H3. The average Bonchev–Trinajstić information content (AvgIpc) is 2.12. The Hall–Kier alpha value is -1.06. The van der Waals surface area contributed by atoms with E-state index >= 15 is 0 Å². The van der Waals surface area contributed by atoms with Crippen LogP contribution in [0.15, 0.2) is 9.98 Å². The van der Waals surface area contributed by atoms with Gasteiger partial charge in [-0.25, -0.2) is 9.98 Å². The maximum Gasteiger partial charge on any atom is 0.211 e. The first-order valence-electron chi connectivity index (χ1n) is 6.99. The second-order valence-electron chi connectivity index (χ2n) is 5.97. The molecule has 4 nitrogen and oxygen atoms in total. The molecule has 1 aliphatic rings. The van der Waals surface area contributed by atoms with Gasteiger partial charge in [-0.3, -0.25) is 9.80 Å². The van der Waals surface area contributed by atoms with Crippen LogP contribution in [0, 0.1) is 0 Å². The summed E-state index contributed by atoms with van der Waals surface area (Å²) in [5, 5.41) is 0. The normalized spacial score (nSPS) is 16.2.